The molecule has 3 rings (SSSR count). The van der Waals surface area contributed by atoms with Crippen molar-refractivity contribution in [2.24, 2.45) is 5.73 Å². The van der Waals surface area contributed by atoms with E-state index in [9.17, 15) is 0 Å². The highest BCUT2D eigenvalue weighted by Crippen LogP contribution is 2.28. The zero-order chi connectivity index (χ0) is 12.4. The largest absolute Gasteiger partial charge is 0.384 e. The van der Waals surface area contributed by atoms with Gasteiger partial charge in [0.1, 0.15) is 0 Å². The minimum atomic E-state index is 0.706. The molecule has 0 amide bonds. The van der Waals surface area contributed by atoms with Crippen molar-refractivity contribution in [1.82, 2.24) is 0 Å². The van der Waals surface area contributed by atoms with Crippen LogP contribution in [0.4, 0.5) is 5.69 Å². The minimum Gasteiger partial charge on any atom is -0.384 e. The lowest BCUT2D eigenvalue weighted by Gasteiger charge is -2.07. The Morgan fingerprint density at radius 3 is 2.83 bits per heavy atom. The molecular weight excluding hydrogens is 220 g/mol. The second-order valence-electron chi connectivity index (χ2n) is 4.79. The molecular formula is C16H18N2. The molecule has 1 heterocycles. The summed E-state index contributed by atoms with van der Waals surface area (Å²) in [6.45, 7) is 1.77. The van der Waals surface area contributed by atoms with Crippen LogP contribution in [-0.2, 0) is 12.8 Å². The van der Waals surface area contributed by atoms with Crippen molar-refractivity contribution < 1.29 is 0 Å². The van der Waals surface area contributed by atoms with Crippen molar-refractivity contribution in [3.05, 3.63) is 53.6 Å². The lowest BCUT2D eigenvalue weighted by Crippen LogP contribution is -2.02. The number of fused-ring (bicyclic) bond motifs is 1. The second-order valence-corrected chi connectivity index (χ2v) is 4.79. The summed E-state index contributed by atoms with van der Waals surface area (Å²) in [7, 11) is 0. The maximum absolute atomic E-state index is 5.61. The zero-order valence-corrected chi connectivity index (χ0v) is 10.4. The minimum absolute atomic E-state index is 0.706. The van der Waals surface area contributed by atoms with E-state index in [1.54, 1.807) is 0 Å². The Hall–Kier alpha value is -1.80. The summed E-state index contributed by atoms with van der Waals surface area (Å²) < 4.78 is 0. The first-order valence-corrected chi connectivity index (χ1v) is 6.53. The summed E-state index contributed by atoms with van der Waals surface area (Å²) in [5.74, 6) is 0. The van der Waals surface area contributed by atoms with Crippen molar-refractivity contribution in [2.75, 3.05) is 18.4 Å². The van der Waals surface area contributed by atoms with Gasteiger partial charge in [-0.1, -0.05) is 30.3 Å². The summed E-state index contributed by atoms with van der Waals surface area (Å²) in [5.41, 5.74) is 12.2. The van der Waals surface area contributed by atoms with Gasteiger partial charge in [-0.15, -0.1) is 0 Å². The highest BCUT2D eigenvalue weighted by atomic mass is 14.9. The normalized spacial score (nSPS) is 13.2. The van der Waals surface area contributed by atoms with E-state index in [0.29, 0.717) is 6.54 Å². The number of benzene rings is 2. The van der Waals surface area contributed by atoms with Gasteiger partial charge in [0.2, 0.25) is 0 Å². The van der Waals surface area contributed by atoms with Gasteiger partial charge in [-0.25, -0.2) is 0 Å². The Morgan fingerprint density at radius 1 is 1.06 bits per heavy atom. The Labute approximate surface area is 108 Å². The third-order valence-corrected chi connectivity index (χ3v) is 3.51. The molecule has 1 aliphatic heterocycles. The fraction of sp³-hybridized carbons (Fsp3) is 0.250. The third kappa shape index (κ3) is 2.12. The molecule has 0 bridgehead atoms. The van der Waals surface area contributed by atoms with Crippen LogP contribution in [0.15, 0.2) is 42.5 Å². The molecule has 0 saturated heterocycles. The molecule has 92 valence electrons. The highest BCUT2D eigenvalue weighted by molar-refractivity contribution is 5.70. The highest BCUT2D eigenvalue weighted by Gasteiger charge is 2.10. The monoisotopic (exact) mass is 238 g/mol. The molecule has 3 N–H and O–H groups in total. The second kappa shape index (κ2) is 4.83. The van der Waals surface area contributed by atoms with Crippen LogP contribution in [0.5, 0.6) is 0 Å². The molecule has 0 atom stereocenters. The maximum atomic E-state index is 5.61. The summed E-state index contributed by atoms with van der Waals surface area (Å²) in [5, 5.41) is 3.39. The quantitative estimate of drug-likeness (QED) is 0.863. The van der Waals surface area contributed by atoms with Crippen LogP contribution in [0, 0.1) is 0 Å². The molecule has 18 heavy (non-hydrogen) atoms. The van der Waals surface area contributed by atoms with E-state index < -0.39 is 0 Å². The topological polar surface area (TPSA) is 38.0 Å². The molecule has 0 aromatic heterocycles. The molecule has 2 heteroatoms. The molecule has 0 saturated carbocycles. The molecule has 0 unspecified atom stereocenters. The van der Waals surface area contributed by atoms with E-state index in [-0.39, 0.29) is 0 Å². The first kappa shape index (κ1) is 11.3. The fourth-order valence-electron chi connectivity index (χ4n) is 2.56. The van der Waals surface area contributed by atoms with Crippen LogP contribution >= 0.6 is 0 Å². The zero-order valence-electron chi connectivity index (χ0n) is 10.4. The molecule has 2 aromatic carbocycles. The smallest absolute Gasteiger partial charge is 0.0373 e. The molecule has 1 aliphatic rings. The first-order chi connectivity index (χ1) is 8.86. The van der Waals surface area contributed by atoms with Crippen molar-refractivity contribution in [3.63, 3.8) is 0 Å². The first-order valence-electron chi connectivity index (χ1n) is 6.53. The van der Waals surface area contributed by atoms with Crippen LogP contribution in [0.3, 0.4) is 0 Å². The Bertz CT molecular complexity index is 561. The summed E-state index contributed by atoms with van der Waals surface area (Å²) >= 11 is 0. The van der Waals surface area contributed by atoms with Gasteiger partial charge in [0.05, 0.1) is 0 Å². The van der Waals surface area contributed by atoms with Crippen molar-refractivity contribution in [3.8, 4) is 11.1 Å². The molecule has 2 aromatic rings. The van der Waals surface area contributed by atoms with Gasteiger partial charge in [-0.05, 0) is 53.8 Å². The predicted octanol–water partition coefficient (Wildman–Crippen LogP) is 2.82. The van der Waals surface area contributed by atoms with Crippen molar-refractivity contribution >= 4 is 5.69 Å². The lowest BCUT2D eigenvalue weighted by molar-refractivity contribution is 0.969. The van der Waals surface area contributed by atoms with Crippen LogP contribution in [0.1, 0.15) is 11.1 Å². The average molecular weight is 238 g/mol. The van der Waals surface area contributed by atoms with E-state index in [1.807, 2.05) is 0 Å². The fourth-order valence-corrected chi connectivity index (χ4v) is 2.56. The van der Waals surface area contributed by atoms with Gasteiger partial charge in [-0.3, -0.25) is 0 Å². The standard InChI is InChI=1S/C16H18N2/c17-8-6-12-2-1-3-13(10-12)14-4-5-16-15(11-14)7-9-18-16/h1-5,10-11,18H,6-9,17H2. The van der Waals surface area contributed by atoms with Crippen molar-refractivity contribution in [2.45, 2.75) is 12.8 Å². The SMILES string of the molecule is NCCc1cccc(-c2ccc3c(c2)CCN3)c1. The van der Waals surface area contributed by atoms with Crippen LogP contribution in [0.25, 0.3) is 11.1 Å². The summed E-state index contributed by atoms with van der Waals surface area (Å²) in [6.07, 6.45) is 2.08. The van der Waals surface area contributed by atoms with Crippen molar-refractivity contribution in [1.29, 1.82) is 0 Å². The molecule has 0 spiro atoms. The van der Waals surface area contributed by atoms with Gasteiger partial charge in [-0.2, -0.15) is 0 Å². The van der Waals surface area contributed by atoms with E-state index in [1.165, 1.54) is 27.9 Å². The van der Waals surface area contributed by atoms with Gasteiger partial charge in [0, 0.05) is 12.2 Å². The molecule has 0 aliphatic carbocycles. The Morgan fingerprint density at radius 2 is 1.94 bits per heavy atom. The van der Waals surface area contributed by atoms with Crippen LogP contribution < -0.4 is 11.1 Å². The van der Waals surface area contributed by atoms with Crippen LogP contribution in [-0.4, -0.2) is 13.1 Å². The molecule has 2 nitrogen and oxygen atoms in total. The number of rotatable bonds is 3. The van der Waals surface area contributed by atoms with E-state index in [0.717, 1.165) is 19.4 Å². The van der Waals surface area contributed by atoms with Gasteiger partial charge >= 0.3 is 0 Å². The number of nitrogens with one attached hydrogen (secondary N) is 1. The number of anilines is 1. The number of nitrogens with two attached hydrogens (primary N) is 1. The average Bonchev–Trinajstić information content (AvgIpc) is 2.86. The summed E-state index contributed by atoms with van der Waals surface area (Å²) in [6, 6.07) is 15.4. The number of hydrogen-bond acceptors (Lipinski definition) is 2. The maximum Gasteiger partial charge on any atom is 0.0373 e. The van der Waals surface area contributed by atoms with Gasteiger partial charge in [0.15, 0.2) is 0 Å². The van der Waals surface area contributed by atoms with E-state index >= 15 is 0 Å². The van der Waals surface area contributed by atoms with Gasteiger partial charge in [0.25, 0.3) is 0 Å². The predicted molar refractivity (Wildman–Crippen MR) is 76.8 cm³/mol. The lowest BCUT2D eigenvalue weighted by atomic mass is 9.99. The van der Waals surface area contributed by atoms with E-state index in [2.05, 4.69) is 47.8 Å². The number of hydrogen-bond donors (Lipinski definition) is 2. The molecule has 0 radical (unpaired) electrons. The Kier molecular flexibility index (Phi) is 3.03. The third-order valence-electron chi connectivity index (χ3n) is 3.51. The molecule has 0 fully saturated rings. The summed E-state index contributed by atoms with van der Waals surface area (Å²) in [4.78, 5) is 0. The van der Waals surface area contributed by atoms with E-state index in [4.69, 9.17) is 5.73 Å². The van der Waals surface area contributed by atoms with Crippen LogP contribution in [0.2, 0.25) is 0 Å². The Balaban J connectivity index is 1.96. The van der Waals surface area contributed by atoms with Gasteiger partial charge < -0.3 is 11.1 Å².